The molecule has 2 aromatic carbocycles. The summed E-state index contributed by atoms with van der Waals surface area (Å²) in [6, 6.07) is 8.87. The van der Waals surface area contributed by atoms with Gasteiger partial charge in [-0.25, -0.2) is 0 Å². The van der Waals surface area contributed by atoms with Crippen LogP contribution in [0.4, 0.5) is 0 Å². The van der Waals surface area contributed by atoms with E-state index in [2.05, 4.69) is 15.9 Å². The smallest absolute Gasteiger partial charge is 0.165 e. The molecule has 0 unspecified atom stereocenters. The molecule has 0 fully saturated rings. The molecule has 2 aromatic rings. The highest BCUT2D eigenvalue weighted by molar-refractivity contribution is 9.08. The molecule has 0 saturated carbocycles. The second-order valence-corrected chi connectivity index (χ2v) is 6.03. The molecule has 0 saturated heterocycles. The molecular weight excluding hydrogens is 398 g/mol. The van der Waals surface area contributed by atoms with Gasteiger partial charge in [0.15, 0.2) is 11.5 Å². The van der Waals surface area contributed by atoms with Crippen molar-refractivity contribution in [1.82, 2.24) is 0 Å². The lowest BCUT2D eigenvalue weighted by Gasteiger charge is -2.16. The first-order valence-corrected chi connectivity index (χ1v) is 8.30. The molecule has 0 radical (unpaired) electrons. The van der Waals surface area contributed by atoms with Gasteiger partial charge in [0, 0.05) is 37.6 Å². The third-order valence-electron chi connectivity index (χ3n) is 2.88. The highest BCUT2D eigenvalue weighted by atomic mass is 79.9. The maximum absolute atomic E-state index is 6.14. The summed E-state index contributed by atoms with van der Waals surface area (Å²) in [5.74, 6) is 1.19. The van der Waals surface area contributed by atoms with E-state index < -0.39 is 0 Å². The molecule has 0 aliphatic heterocycles. The lowest BCUT2D eigenvalue weighted by atomic mass is 10.2. The van der Waals surface area contributed by atoms with Crippen LogP contribution in [0.1, 0.15) is 11.1 Å². The average molecular weight is 411 g/mol. The molecule has 0 aliphatic rings. The van der Waals surface area contributed by atoms with Crippen molar-refractivity contribution >= 4 is 50.7 Å². The lowest BCUT2D eigenvalue weighted by molar-refractivity contribution is 0.282. The summed E-state index contributed by atoms with van der Waals surface area (Å²) in [6.07, 6.45) is 0. The zero-order valence-electron chi connectivity index (χ0n) is 11.1. The minimum absolute atomic E-state index is 0.247. The van der Waals surface area contributed by atoms with Gasteiger partial charge in [-0.3, -0.25) is 0 Å². The van der Waals surface area contributed by atoms with Crippen molar-refractivity contribution in [2.24, 2.45) is 0 Å². The van der Waals surface area contributed by atoms with E-state index in [1.807, 2.05) is 6.07 Å². The molecule has 2 rings (SSSR count). The predicted molar refractivity (Wildman–Crippen MR) is 91.4 cm³/mol. The van der Waals surface area contributed by atoms with E-state index >= 15 is 0 Å². The van der Waals surface area contributed by atoms with Gasteiger partial charge in [0.1, 0.15) is 6.61 Å². The Balaban J connectivity index is 2.31. The molecule has 0 bridgehead atoms. The molecule has 0 heterocycles. The fourth-order valence-corrected chi connectivity index (χ4v) is 3.01. The Morgan fingerprint density at radius 2 is 1.76 bits per heavy atom. The Labute approximate surface area is 147 Å². The van der Waals surface area contributed by atoms with Gasteiger partial charge < -0.3 is 9.47 Å². The maximum Gasteiger partial charge on any atom is 0.165 e. The van der Waals surface area contributed by atoms with Crippen LogP contribution in [-0.2, 0) is 11.9 Å². The Hall–Kier alpha value is -0.610. The van der Waals surface area contributed by atoms with Crippen molar-refractivity contribution in [2.45, 2.75) is 11.9 Å². The number of alkyl halides is 1. The molecule has 0 N–H and O–H groups in total. The first-order chi connectivity index (χ1) is 10.1. The number of methoxy groups -OCH3 is 1. The van der Waals surface area contributed by atoms with Crippen LogP contribution in [-0.4, -0.2) is 7.11 Å². The largest absolute Gasteiger partial charge is 0.493 e. The van der Waals surface area contributed by atoms with Crippen LogP contribution in [0.25, 0.3) is 0 Å². The molecule has 112 valence electrons. The van der Waals surface area contributed by atoms with Crippen LogP contribution in [0.3, 0.4) is 0 Å². The number of halogens is 4. The minimum atomic E-state index is 0.247. The molecule has 21 heavy (non-hydrogen) atoms. The summed E-state index contributed by atoms with van der Waals surface area (Å²) in [6.45, 7) is 0.247. The number of hydrogen-bond donors (Lipinski definition) is 0. The quantitative estimate of drug-likeness (QED) is 0.552. The molecule has 0 spiro atoms. The van der Waals surface area contributed by atoms with Crippen molar-refractivity contribution in [3.63, 3.8) is 0 Å². The fraction of sp³-hybridized carbons (Fsp3) is 0.200. The number of rotatable bonds is 5. The third-order valence-corrected chi connectivity index (χ3v) is 4.41. The number of benzene rings is 2. The van der Waals surface area contributed by atoms with Crippen molar-refractivity contribution in [2.75, 3.05) is 7.11 Å². The normalized spacial score (nSPS) is 10.5. The van der Waals surface area contributed by atoms with Crippen LogP contribution in [0.5, 0.6) is 11.5 Å². The third kappa shape index (κ3) is 3.98. The molecule has 0 aliphatic carbocycles. The van der Waals surface area contributed by atoms with Gasteiger partial charge in [-0.1, -0.05) is 56.8 Å². The minimum Gasteiger partial charge on any atom is -0.493 e. The van der Waals surface area contributed by atoms with E-state index in [9.17, 15) is 0 Å². The Bertz CT molecular complexity index is 602. The van der Waals surface area contributed by atoms with Gasteiger partial charge in [0.05, 0.1) is 7.11 Å². The first-order valence-electron chi connectivity index (χ1n) is 6.05. The Morgan fingerprint density at radius 3 is 2.33 bits per heavy atom. The Kier molecular flexibility index (Phi) is 6.06. The maximum atomic E-state index is 6.14. The van der Waals surface area contributed by atoms with E-state index in [0.29, 0.717) is 31.9 Å². The highest BCUT2D eigenvalue weighted by Gasteiger charge is 2.14. The van der Waals surface area contributed by atoms with Gasteiger partial charge in [0.25, 0.3) is 0 Å². The summed E-state index contributed by atoms with van der Waals surface area (Å²) in [5, 5.41) is 2.31. The Morgan fingerprint density at radius 1 is 1.10 bits per heavy atom. The van der Waals surface area contributed by atoms with Gasteiger partial charge in [-0.15, -0.1) is 0 Å². The molecule has 0 amide bonds. The first kappa shape index (κ1) is 16.8. The van der Waals surface area contributed by atoms with Gasteiger partial charge in [0.2, 0.25) is 0 Å². The molecule has 6 heteroatoms. The summed E-state index contributed by atoms with van der Waals surface area (Å²) in [5.41, 5.74) is 1.63. The van der Waals surface area contributed by atoms with E-state index in [1.165, 1.54) is 0 Å². The second kappa shape index (κ2) is 7.59. The fourth-order valence-electron chi connectivity index (χ4n) is 1.85. The SMILES string of the molecule is COc1cc(Cl)cc(CBr)c1OCc1c(Cl)cccc1Cl. The number of hydrogen-bond acceptors (Lipinski definition) is 2. The molecule has 0 atom stereocenters. The van der Waals surface area contributed by atoms with Crippen LogP contribution in [0.15, 0.2) is 30.3 Å². The average Bonchev–Trinajstić information content (AvgIpc) is 2.47. The van der Waals surface area contributed by atoms with Crippen LogP contribution in [0, 0.1) is 0 Å². The van der Waals surface area contributed by atoms with E-state index in [1.54, 1.807) is 31.4 Å². The number of ether oxygens (including phenoxy) is 2. The highest BCUT2D eigenvalue weighted by Crippen LogP contribution is 2.37. The van der Waals surface area contributed by atoms with E-state index in [0.717, 1.165) is 11.1 Å². The van der Waals surface area contributed by atoms with Gasteiger partial charge in [-0.05, 0) is 18.2 Å². The van der Waals surface area contributed by atoms with Crippen LogP contribution >= 0.6 is 50.7 Å². The zero-order valence-corrected chi connectivity index (χ0v) is 15.0. The van der Waals surface area contributed by atoms with E-state index in [4.69, 9.17) is 44.3 Å². The van der Waals surface area contributed by atoms with Crippen molar-refractivity contribution in [1.29, 1.82) is 0 Å². The van der Waals surface area contributed by atoms with Gasteiger partial charge >= 0.3 is 0 Å². The topological polar surface area (TPSA) is 18.5 Å². The van der Waals surface area contributed by atoms with Crippen LogP contribution in [0.2, 0.25) is 15.1 Å². The molecule has 0 aromatic heterocycles. The van der Waals surface area contributed by atoms with Gasteiger partial charge in [-0.2, -0.15) is 0 Å². The predicted octanol–water partition coefficient (Wildman–Crippen LogP) is 6.13. The lowest BCUT2D eigenvalue weighted by Crippen LogP contribution is -2.01. The van der Waals surface area contributed by atoms with E-state index in [-0.39, 0.29) is 6.61 Å². The summed E-state index contributed by atoms with van der Waals surface area (Å²) in [4.78, 5) is 0. The monoisotopic (exact) mass is 408 g/mol. The standard InChI is InChI=1S/C15H12BrCl3O2/c1-20-14-6-10(17)5-9(7-16)15(14)21-8-11-12(18)3-2-4-13(11)19/h2-6H,7-8H2,1H3. The van der Waals surface area contributed by atoms with Crippen molar-refractivity contribution in [3.05, 3.63) is 56.5 Å². The van der Waals surface area contributed by atoms with Crippen LogP contribution < -0.4 is 9.47 Å². The second-order valence-electron chi connectivity index (χ2n) is 4.22. The zero-order chi connectivity index (χ0) is 15.4. The molecule has 2 nitrogen and oxygen atoms in total. The molecular formula is C15H12BrCl3O2. The van der Waals surface area contributed by atoms with Crippen molar-refractivity contribution < 1.29 is 9.47 Å². The van der Waals surface area contributed by atoms with Crippen molar-refractivity contribution in [3.8, 4) is 11.5 Å². The summed E-state index contributed by atoms with van der Waals surface area (Å²) < 4.78 is 11.2. The summed E-state index contributed by atoms with van der Waals surface area (Å²) in [7, 11) is 1.57. The summed E-state index contributed by atoms with van der Waals surface area (Å²) >= 11 is 21.7.